The summed E-state index contributed by atoms with van der Waals surface area (Å²) in [6, 6.07) is 0. The average molecular weight is 378 g/mol. The molecule has 2 unspecified atom stereocenters. The maximum absolute atomic E-state index is 14.2. The quantitative estimate of drug-likeness (QED) is 0.479. The Morgan fingerprint density at radius 2 is 1.77 bits per heavy atom. The summed E-state index contributed by atoms with van der Waals surface area (Å²) < 4.78 is 55.4. The average Bonchev–Trinajstić information content (AvgIpc) is 2.53. The first-order valence-electron chi connectivity index (χ1n) is 9.23. The molecule has 0 amide bonds. The molecular formula is C18H25F3O5. The maximum Gasteiger partial charge on any atom is 0.456 e. The molecule has 4 saturated carbocycles. The van der Waals surface area contributed by atoms with Crippen molar-refractivity contribution in [2.45, 2.75) is 63.6 Å². The largest absolute Gasteiger partial charge is 0.465 e. The van der Waals surface area contributed by atoms with Gasteiger partial charge in [0.15, 0.2) is 0 Å². The number of carbonyl (C=O) groups is 2. The first kappa shape index (κ1) is 19.5. The molecule has 4 aliphatic carbocycles. The van der Waals surface area contributed by atoms with E-state index in [1.165, 1.54) is 6.92 Å². The van der Waals surface area contributed by atoms with Gasteiger partial charge in [-0.1, -0.05) is 0 Å². The smallest absolute Gasteiger partial charge is 0.456 e. The summed E-state index contributed by atoms with van der Waals surface area (Å²) in [7, 11) is 0. The summed E-state index contributed by atoms with van der Waals surface area (Å²) in [5.74, 6) is -1.98. The third-order valence-electron chi connectivity index (χ3n) is 5.81. The molecule has 8 heteroatoms. The highest BCUT2D eigenvalue weighted by Crippen LogP contribution is 2.64. The number of rotatable bonds is 8. The summed E-state index contributed by atoms with van der Waals surface area (Å²) in [5.41, 5.74) is -2.09. The van der Waals surface area contributed by atoms with Crippen molar-refractivity contribution in [2.75, 3.05) is 19.9 Å². The van der Waals surface area contributed by atoms with Crippen LogP contribution in [0.5, 0.6) is 0 Å². The first-order chi connectivity index (χ1) is 12.2. The summed E-state index contributed by atoms with van der Waals surface area (Å²) in [4.78, 5) is 24.2. The van der Waals surface area contributed by atoms with Crippen LogP contribution in [-0.2, 0) is 23.8 Å². The van der Waals surface area contributed by atoms with Crippen molar-refractivity contribution in [1.82, 2.24) is 0 Å². The Labute approximate surface area is 150 Å². The number of hydrogen-bond donors (Lipinski definition) is 0. The molecule has 0 radical (unpaired) electrons. The second-order valence-corrected chi connectivity index (χ2v) is 7.94. The van der Waals surface area contributed by atoms with Gasteiger partial charge < -0.3 is 14.2 Å². The Bertz CT molecular complexity index is 551. The molecule has 0 aromatic heterocycles. The van der Waals surface area contributed by atoms with E-state index in [2.05, 4.69) is 4.74 Å². The normalized spacial score (nSPS) is 35.4. The summed E-state index contributed by atoms with van der Waals surface area (Å²) in [6.45, 7) is 0.686. The summed E-state index contributed by atoms with van der Waals surface area (Å²) in [6.07, 6.45) is -0.984. The van der Waals surface area contributed by atoms with Crippen molar-refractivity contribution < 1.29 is 37.0 Å². The second-order valence-electron chi connectivity index (χ2n) is 7.94. The Kier molecular flexibility index (Phi) is 5.25. The summed E-state index contributed by atoms with van der Waals surface area (Å²) in [5, 5.41) is 0. The molecule has 0 saturated heterocycles. The van der Waals surface area contributed by atoms with Crippen molar-refractivity contribution in [3.8, 4) is 0 Å². The molecular weight excluding hydrogens is 353 g/mol. The van der Waals surface area contributed by atoms with Crippen LogP contribution >= 0.6 is 0 Å². The van der Waals surface area contributed by atoms with Gasteiger partial charge in [-0.05, 0) is 57.3 Å². The third kappa shape index (κ3) is 3.57. The maximum atomic E-state index is 14.2. The fraction of sp³-hybridized carbons (Fsp3) is 0.889. The monoisotopic (exact) mass is 378 g/mol. The van der Waals surface area contributed by atoms with Gasteiger partial charge in [-0.2, -0.15) is 8.78 Å². The van der Waals surface area contributed by atoms with Gasteiger partial charge in [-0.15, -0.1) is 0 Å². The molecule has 26 heavy (non-hydrogen) atoms. The molecule has 0 heterocycles. The van der Waals surface area contributed by atoms with Crippen molar-refractivity contribution in [2.24, 2.45) is 17.3 Å². The zero-order valence-corrected chi connectivity index (χ0v) is 14.9. The van der Waals surface area contributed by atoms with Gasteiger partial charge in [0.1, 0.15) is 0 Å². The van der Waals surface area contributed by atoms with E-state index in [1.54, 1.807) is 0 Å². The highest BCUT2D eigenvalue weighted by atomic mass is 19.3. The van der Waals surface area contributed by atoms with Gasteiger partial charge >= 0.3 is 18.0 Å². The summed E-state index contributed by atoms with van der Waals surface area (Å²) >= 11 is 0. The van der Waals surface area contributed by atoms with Crippen LogP contribution in [0, 0.1) is 17.3 Å². The zero-order chi connectivity index (χ0) is 19.0. The molecule has 0 aliphatic heterocycles. The van der Waals surface area contributed by atoms with E-state index < -0.39 is 35.7 Å². The lowest BCUT2D eigenvalue weighted by Gasteiger charge is -2.60. The SMILES string of the molecule is CCOC(=O)C(F)(F)OC12CC3CC(C1)CC(C(=O)OCCCF)(C3)C2. The predicted molar refractivity (Wildman–Crippen MR) is 84.1 cm³/mol. The van der Waals surface area contributed by atoms with E-state index >= 15 is 0 Å². The van der Waals surface area contributed by atoms with Gasteiger partial charge in [-0.25, -0.2) is 4.79 Å². The van der Waals surface area contributed by atoms with E-state index in [9.17, 15) is 22.8 Å². The van der Waals surface area contributed by atoms with Crippen LogP contribution in [0.15, 0.2) is 0 Å². The van der Waals surface area contributed by atoms with Crippen LogP contribution in [-0.4, -0.2) is 43.5 Å². The van der Waals surface area contributed by atoms with Gasteiger partial charge in [0, 0.05) is 6.42 Å². The van der Waals surface area contributed by atoms with Crippen LogP contribution in [0.3, 0.4) is 0 Å². The lowest BCUT2D eigenvalue weighted by atomic mass is 9.48. The number of hydrogen-bond acceptors (Lipinski definition) is 5. The highest BCUT2D eigenvalue weighted by Gasteiger charge is 2.65. The lowest BCUT2D eigenvalue weighted by molar-refractivity contribution is -0.323. The Morgan fingerprint density at radius 3 is 2.35 bits per heavy atom. The van der Waals surface area contributed by atoms with Crippen molar-refractivity contribution in [1.29, 1.82) is 0 Å². The van der Waals surface area contributed by atoms with Crippen molar-refractivity contribution in [3.05, 3.63) is 0 Å². The van der Waals surface area contributed by atoms with Crippen LogP contribution < -0.4 is 0 Å². The fourth-order valence-electron chi connectivity index (χ4n) is 5.44. The number of alkyl halides is 3. The Morgan fingerprint density at radius 1 is 1.12 bits per heavy atom. The number of halogens is 3. The molecule has 4 aliphatic rings. The standard InChI is InChI=1S/C18H25F3O5/c1-2-24-15(23)18(20,21)26-17-9-12-6-13(10-17)8-16(7-12,11-17)14(22)25-5-3-4-19/h12-13H,2-11H2,1H3. The first-order valence-corrected chi connectivity index (χ1v) is 9.23. The highest BCUT2D eigenvalue weighted by molar-refractivity contribution is 5.78. The minimum atomic E-state index is -4.04. The Hall–Kier alpha value is -1.31. The van der Waals surface area contributed by atoms with Gasteiger partial charge in [-0.3, -0.25) is 9.18 Å². The van der Waals surface area contributed by atoms with Crippen molar-refractivity contribution in [3.63, 3.8) is 0 Å². The lowest BCUT2D eigenvalue weighted by Crippen LogP contribution is -2.61. The topological polar surface area (TPSA) is 61.8 Å². The number of ether oxygens (including phenoxy) is 3. The fourth-order valence-corrected chi connectivity index (χ4v) is 5.44. The van der Waals surface area contributed by atoms with E-state index in [-0.39, 0.29) is 37.9 Å². The predicted octanol–water partition coefficient (Wildman–Crippen LogP) is 3.40. The van der Waals surface area contributed by atoms with E-state index in [0.717, 1.165) is 6.42 Å². The van der Waals surface area contributed by atoms with E-state index in [1.807, 2.05) is 0 Å². The Balaban J connectivity index is 1.77. The molecule has 4 rings (SSSR count). The van der Waals surface area contributed by atoms with Crippen LogP contribution in [0.4, 0.5) is 13.2 Å². The van der Waals surface area contributed by atoms with Crippen LogP contribution in [0.1, 0.15) is 51.9 Å². The van der Waals surface area contributed by atoms with Gasteiger partial charge in [0.25, 0.3) is 0 Å². The minimum Gasteiger partial charge on any atom is -0.465 e. The van der Waals surface area contributed by atoms with Gasteiger partial charge in [0.2, 0.25) is 0 Å². The molecule has 0 N–H and O–H groups in total. The van der Waals surface area contributed by atoms with Gasteiger partial charge in [0.05, 0.1) is 30.9 Å². The third-order valence-corrected chi connectivity index (χ3v) is 5.81. The van der Waals surface area contributed by atoms with Crippen molar-refractivity contribution >= 4 is 11.9 Å². The zero-order valence-electron chi connectivity index (χ0n) is 14.9. The molecule has 2 atom stereocenters. The molecule has 5 nitrogen and oxygen atoms in total. The number of esters is 2. The minimum absolute atomic E-state index is 0.0146. The molecule has 4 bridgehead atoms. The molecule has 0 aromatic rings. The van der Waals surface area contributed by atoms with E-state index in [0.29, 0.717) is 25.7 Å². The van der Waals surface area contributed by atoms with E-state index in [4.69, 9.17) is 9.47 Å². The molecule has 4 fully saturated rings. The van der Waals surface area contributed by atoms with Crippen LogP contribution in [0.2, 0.25) is 0 Å². The second kappa shape index (κ2) is 7.02. The molecule has 0 aromatic carbocycles. The molecule has 0 spiro atoms. The number of carbonyl (C=O) groups excluding carboxylic acids is 2. The molecule has 148 valence electrons. The van der Waals surface area contributed by atoms with Crippen LogP contribution in [0.25, 0.3) is 0 Å².